The van der Waals surface area contributed by atoms with Crippen LogP contribution >= 0.6 is 11.8 Å². The third-order valence-corrected chi connectivity index (χ3v) is 6.08. The van der Waals surface area contributed by atoms with Crippen LogP contribution in [0, 0.1) is 0 Å². The number of hydrogen-bond acceptors (Lipinski definition) is 5. The fraction of sp³-hybridized carbons (Fsp3) is 0.160. The average molecular weight is 444 g/mol. The summed E-state index contributed by atoms with van der Waals surface area (Å²) in [7, 11) is 0. The third kappa shape index (κ3) is 4.68. The molecule has 2 amide bonds. The number of rotatable bonds is 7. The maximum Gasteiger partial charge on any atom is 0.257 e. The Bertz CT molecular complexity index is 1250. The van der Waals surface area contributed by atoms with Crippen molar-refractivity contribution in [3.8, 4) is 0 Å². The Morgan fingerprint density at radius 1 is 0.938 bits per heavy atom. The van der Waals surface area contributed by atoms with Gasteiger partial charge in [0, 0.05) is 28.6 Å². The van der Waals surface area contributed by atoms with Gasteiger partial charge in [-0.15, -0.1) is 0 Å². The van der Waals surface area contributed by atoms with E-state index >= 15 is 0 Å². The van der Waals surface area contributed by atoms with Crippen LogP contribution in [0.25, 0.3) is 11.1 Å². The zero-order chi connectivity index (χ0) is 21.9. The maximum absolute atomic E-state index is 12.9. The Kier molecular flexibility index (Phi) is 5.64. The summed E-state index contributed by atoms with van der Waals surface area (Å²) in [5.41, 5.74) is 4.26. The van der Waals surface area contributed by atoms with Crippen LogP contribution in [-0.4, -0.2) is 22.8 Å². The summed E-state index contributed by atoms with van der Waals surface area (Å²) in [5.74, 6) is 0.275. The molecule has 3 aromatic carbocycles. The highest BCUT2D eigenvalue weighted by atomic mass is 32.2. The molecule has 0 atom stereocenters. The van der Waals surface area contributed by atoms with Gasteiger partial charge in [0.1, 0.15) is 5.52 Å². The molecular weight excluding hydrogens is 422 g/mol. The van der Waals surface area contributed by atoms with E-state index in [9.17, 15) is 9.59 Å². The van der Waals surface area contributed by atoms with Crippen molar-refractivity contribution in [2.75, 3.05) is 5.32 Å². The monoisotopic (exact) mass is 443 g/mol. The first kappa shape index (κ1) is 20.3. The van der Waals surface area contributed by atoms with Gasteiger partial charge in [0.05, 0.1) is 0 Å². The van der Waals surface area contributed by atoms with E-state index in [0.717, 1.165) is 29.5 Å². The Morgan fingerprint density at radius 3 is 2.47 bits per heavy atom. The van der Waals surface area contributed by atoms with Gasteiger partial charge in [0.25, 0.3) is 17.0 Å². The average Bonchev–Trinajstić information content (AvgIpc) is 3.53. The number of nitrogens with one attached hydrogen (secondary N) is 2. The Hall–Kier alpha value is -3.58. The van der Waals surface area contributed by atoms with Crippen molar-refractivity contribution in [2.45, 2.75) is 29.9 Å². The number of carbonyl (C=O) groups is 2. The molecule has 1 aromatic heterocycles. The van der Waals surface area contributed by atoms with Crippen LogP contribution < -0.4 is 10.6 Å². The highest BCUT2D eigenvalue weighted by molar-refractivity contribution is 7.98. The number of benzene rings is 3. The summed E-state index contributed by atoms with van der Waals surface area (Å²) in [6.45, 7) is 0. The quantitative estimate of drug-likeness (QED) is 0.381. The second-order valence-electron chi connectivity index (χ2n) is 7.67. The number of para-hydroxylation sites is 2. The van der Waals surface area contributed by atoms with Gasteiger partial charge in [0.2, 0.25) is 0 Å². The standard InChI is InChI=1S/C25H21N3O3S/c29-23(26-19-13-14-19)16-9-11-18(12-10-16)27-24(30)20-6-2-1-5-17(20)15-32-25-28-21-7-3-4-8-22(21)31-25/h1-12,19H,13-15H2,(H,26,29)(H,27,30). The van der Waals surface area contributed by atoms with Crippen molar-refractivity contribution in [2.24, 2.45) is 0 Å². The molecule has 2 N–H and O–H groups in total. The van der Waals surface area contributed by atoms with E-state index in [-0.39, 0.29) is 11.8 Å². The van der Waals surface area contributed by atoms with Gasteiger partial charge in [-0.1, -0.05) is 42.1 Å². The zero-order valence-corrected chi connectivity index (χ0v) is 18.0. The molecule has 32 heavy (non-hydrogen) atoms. The fourth-order valence-electron chi connectivity index (χ4n) is 3.32. The van der Waals surface area contributed by atoms with E-state index in [1.54, 1.807) is 30.3 Å². The van der Waals surface area contributed by atoms with Crippen molar-refractivity contribution >= 4 is 40.4 Å². The normalized spacial score (nSPS) is 13.1. The van der Waals surface area contributed by atoms with E-state index in [2.05, 4.69) is 15.6 Å². The molecule has 5 rings (SSSR count). The highest BCUT2D eigenvalue weighted by Crippen LogP contribution is 2.27. The van der Waals surface area contributed by atoms with Crippen molar-refractivity contribution in [3.63, 3.8) is 0 Å². The molecule has 0 spiro atoms. The van der Waals surface area contributed by atoms with Crippen LogP contribution in [-0.2, 0) is 5.75 Å². The number of nitrogens with zero attached hydrogens (tertiary/aromatic N) is 1. The summed E-state index contributed by atoms with van der Waals surface area (Å²) >= 11 is 1.45. The Labute approximate surface area is 189 Å². The molecule has 4 aromatic rings. The lowest BCUT2D eigenvalue weighted by Crippen LogP contribution is -2.25. The van der Waals surface area contributed by atoms with Crippen molar-refractivity contribution in [1.82, 2.24) is 10.3 Å². The first-order chi connectivity index (χ1) is 15.7. The van der Waals surface area contributed by atoms with Gasteiger partial charge in [-0.05, 0) is 60.9 Å². The second-order valence-corrected chi connectivity index (χ2v) is 8.60. The third-order valence-electron chi connectivity index (χ3n) is 5.20. The van der Waals surface area contributed by atoms with Gasteiger partial charge < -0.3 is 15.1 Å². The lowest BCUT2D eigenvalue weighted by Gasteiger charge is -2.10. The Morgan fingerprint density at radius 2 is 1.69 bits per heavy atom. The van der Waals surface area contributed by atoms with E-state index < -0.39 is 0 Å². The largest absolute Gasteiger partial charge is 0.431 e. The first-order valence-corrected chi connectivity index (χ1v) is 11.4. The molecule has 0 unspecified atom stereocenters. The number of hydrogen-bond donors (Lipinski definition) is 2. The molecule has 1 fully saturated rings. The number of aromatic nitrogens is 1. The van der Waals surface area contributed by atoms with E-state index in [4.69, 9.17) is 4.42 Å². The van der Waals surface area contributed by atoms with Crippen LogP contribution in [0.3, 0.4) is 0 Å². The lowest BCUT2D eigenvalue weighted by atomic mass is 10.1. The fourth-order valence-corrected chi connectivity index (χ4v) is 4.16. The minimum absolute atomic E-state index is 0.0769. The number of oxazole rings is 1. The van der Waals surface area contributed by atoms with Crippen LogP contribution in [0.4, 0.5) is 5.69 Å². The van der Waals surface area contributed by atoms with Gasteiger partial charge in [-0.3, -0.25) is 9.59 Å². The molecule has 0 saturated heterocycles. The van der Waals surface area contributed by atoms with Gasteiger partial charge in [-0.25, -0.2) is 4.98 Å². The maximum atomic E-state index is 12.9. The van der Waals surface area contributed by atoms with Gasteiger partial charge in [-0.2, -0.15) is 0 Å². The lowest BCUT2D eigenvalue weighted by molar-refractivity contribution is 0.0950. The molecule has 1 aliphatic rings. The van der Waals surface area contributed by atoms with Gasteiger partial charge in [0.15, 0.2) is 5.58 Å². The number of fused-ring (bicyclic) bond motifs is 1. The predicted octanol–water partition coefficient (Wildman–Crippen LogP) is 5.26. The highest BCUT2D eigenvalue weighted by Gasteiger charge is 2.23. The number of carbonyl (C=O) groups excluding carboxylic acids is 2. The van der Waals surface area contributed by atoms with E-state index in [0.29, 0.717) is 33.8 Å². The molecular formula is C25H21N3O3S. The SMILES string of the molecule is O=C(NC1CC1)c1ccc(NC(=O)c2ccccc2CSc2nc3ccccc3o2)cc1. The van der Waals surface area contributed by atoms with Crippen LogP contribution in [0.1, 0.15) is 39.1 Å². The molecule has 160 valence electrons. The number of thioether (sulfide) groups is 1. The number of amides is 2. The molecule has 1 aliphatic carbocycles. The summed E-state index contributed by atoms with van der Waals surface area (Å²) in [5, 5.41) is 6.45. The summed E-state index contributed by atoms with van der Waals surface area (Å²) in [6, 6.07) is 22.4. The van der Waals surface area contributed by atoms with E-state index in [1.807, 2.05) is 42.5 Å². The minimum Gasteiger partial charge on any atom is -0.431 e. The first-order valence-electron chi connectivity index (χ1n) is 10.4. The van der Waals surface area contributed by atoms with Crippen molar-refractivity contribution in [3.05, 3.63) is 89.5 Å². The van der Waals surface area contributed by atoms with Crippen LogP contribution in [0.2, 0.25) is 0 Å². The Balaban J connectivity index is 1.25. The molecule has 0 bridgehead atoms. The zero-order valence-electron chi connectivity index (χ0n) is 17.2. The molecule has 0 radical (unpaired) electrons. The van der Waals surface area contributed by atoms with Crippen molar-refractivity contribution in [1.29, 1.82) is 0 Å². The van der Waals surface area contributed by atoms with Crippen LogP contribution in [0.15, 0.2) is 82.4 Å². The van der Waals surface area contributed by atoms with Gasteiger partial charge >= 0.3 is 0 Å². The molecule has 0 aliphatic heterocycles. The predicted molar refractivity (Wildman–Crippen MR) is 125 cm³/mol. The molecule has 6 nitrogen and oxygen atoms in total. The summed E-state index contributed by atoms with van der Waals surface area (Å²) in [4.78, 5) is 29.5. The summed E-state index contributed by atoms with van der Waals surface area (Å²) in [6.07, 6.45) is 2.09. The summed E-state index contributed by atoms with van der Waals surface area (Å²) < 4.78 is 5.76. The molecule has 1 saturated carbocycles. The van der Waals surface area contributed by atoms with E-state index in [1.165, 1.54) is 11.8 Å². The molecule has 1 heterocycles. The van der Waals surface area contributed by atoms with Crippen molar-refractivity contribution < 1.29 is 14.0 Å². The topological polar surface area (TPSA) is 84.2 Å². The smallest absolute Gasteiger partial charge is 0.257 e. The van der Waals surface area contributed by atoms with Crippen LogP contribution in [0.5, 0.6) is 0 Å². The molecule has 7 heteroatoms. The minimum atomic E-state index is -0.200. The second kappa shape index (κ2) is 8.88. The number of anilines is 1.